The SMILES string of the molecule is CC(C)Cn1nnc(C2COCCN2)n1. The molecule has 1 saturated heterocycles. The van der Waals surface area contributed by atoms with Gasteiger partial charge in [0, 0.05) is 6.54 Å². The van der Waals surface area contributed by atoms with Crippen LogP contribution in [0.4, 0.5) is 0 Å². The first kappa shape index (κ1) is 10.5. The molecule has 0 aliphatic carbocycles. The average molecular weight is 211 g/mol. The molecule has 15 heavy (non-hydrogen) atoms. The maximum Gasteiger partial charge on any atom is 0.194 e. The van der Waals surface area contributed by atoms with Crippen LogP contribution in [0.25, 0.3) is 0 Å². The van der Waals surface area contributed by atoms with Crippen molar-refractivity contribution in [3.8, 4) is 0 Å². The summed E-state index contributed by atoms with van der Waals surface area (Å²) >= 11 is 0. The predicted octanol–water partition coefficient (Wildman–Crippen LogP) is -0.0100. The topological polar surface area (TPSA) is 64.9 Å². The molecule has 1 atom stereocenters. The van der Waals surface area contributed by atoms with Crippen molar-refractivity contribution in [2.75, 3.05) is 19.8 Å². The molecule has 1 aliphatic rings. The summed E-state index contributed by atoms with van der Waals surface area (Å²) < 4.78 is 5.35. The van der Waals surface area contributed by atoms with Gasteiger partial charge in [-0.25, -0.2) is 0 Å². The molecular formula is C9H17N5O. The predicted molar refractivity (Wildman–Crippen MR) is 54.2 cm³/mol. The zero-order valence-electron chi connectivity index (χ0n) is 9.18. The second-order valence-electron chi connectivity index (χ2n) is 4.18. The van der Waals surface area contributed by atoms with Crippen LogP contribution in [0, 0.1) is 5.92 Å². The second-order valence-corrected chi connectivity index (χ2v) is 4.18. The van der Waals surface area contributed by atoms with E-state index in [1.807, 2.05) is 0 Å². The lowest BCUT2D eigenvalue weighted by Gasteiger charge is -2.20. The Morgan fingerprint density at radius 3 is 3.13 bits per heavy atom. The summed E-state index contributed by atoms with van der Waals surface area (Å²) in [5.41, 5.74) is 0. The fraction of sp³-hybridized carbons (Fsp3) is 0.889. The van der Waals surface area contributed by atoms with Crippen molar-refractivity contribution < 1.29 is 4.74 Å². The van der Waals surface area contributed by atoms with E-state index >= 15 is 0 Å². The van der Waals surface area contributed by atoms with Crippen molar-refractivity contribution in [3.05, 3.63) is 5.82 Å². The maximum atomic E-state index is 5.35. The van der Waals surface area contributed by atoms with Crippen molar-refractivity contribution in [2.24, 2.45) is 5.92 Å². The summed E-state index contributed by atoms with van der Waals surface area (Å²) in [5.74, 6) is 1.26. The van der Waals surface area contributed by atoms with Gasteiger partial charge in [-0.2, -0.15) is 4.80 Å². The molecule has 2 heterocycles. The van der Waals surface area contributed by atoms with E-state index in [0.717, 1.165) is 25.5 Å². The average Bonchev–Trinajstić information content (AvgIpc) is 2.67. The van der Waals surface area contributed by atoms with Crippen LogP contribution in [0.2, 0.25) is 0 Å². The number of nitrogens with zero attached hydrogens (tertiary/aromatic N) is 4. The molecule has 2 rings (SSSR count). The number of nitrogens with one attached hydrogen (secondary N) is 1. The molecule has 1 aliphatic heterocycles. The third-order valence-corrected chi connectivity index (χ3v) is 2.23. The van der Waals surface area contributed by atoms with Gasteiger partial charge in [-0.05, 0) is 11.1 Å². The lowest BCUT2D eigenvalue weighted by molar-refractivity contribution is 0.0741. The van der Waals surface area contributed by atoms with Crippen LogP contribution in [-0.4, -0.2) is 40.0 Å². The first-order valence-electron chi connectivity index (χ1n) is 5.34. The van der Waals surface area contributed by atoms with Crippen molar-refractivity contribution >= 4 is 0 Å². The van der Waals surface area contributed by atoms with Gasteiger partial charge in [-0.1, -0.05) is 13.8 Å². The van der Waals surface area contributed by atoms with Gasteiger partial charge in [0.05, 0.1) is 25.8 Å². The van der Waals surface area contributed by atoms with Crippen LogP contribution >= 0.6 is 0 Å². The van der Waals surface area contributed by atoms with Crippen molar-refractivity contribution in [2.45, 2.75) is 26.4 Å². The quantitative estimate of drug-likeness (QED) is 0.761. The lowest BCUT2D eigenvalue weighted by Crippen LogP contribution is -2.35. The number of hydrogen-bond acceptors (Lipinski definition) is 5. The van der Waals surface area contributed by atoms with E-state index in [9.17, 15) is 0 Å². The maximum absolute atomic E-state index is 5.35. The Bertz CT molecular complexity index is 305. The number of rotatable bonds is 3. The van der Waals surface area contributed by atoms with Gasteiger partial charge in [0.15, 0.2) is 5.82 Å². The third kappa shape index (κ3) is 2.73. The Kier molecular flexibility index (Phi) is 3.27. The van der Waals surface area contributed by atoms with E-state index in [4.69, 9.17) is 4.74 Å². The Balaban J connectivity index is 1.99. The van der Waals surface area contributed by atoms with Crippen LogP contribution in [0.5, 0.6) is 0 Å². The molecule has 6 nitrogen and oxygen atoms in total. The lowest BCUT2D eigenvalue weighted by atomic mass is 10.2. The molecule has 0 amide bonds. The number of hydrogen-bond donors (Lipinski definition) is 1. The standard InChI is InChI=1S/C9H17N5O/c1-7(2)5-14-12-9(11-13-14)8-6-15-4-3-10-8/h7-8,10H,3-6H2,1-2H3. The Morgan fingerprint density at radius 2 is 2.47 bits per heavy atom. The molecule has 84 valence electrons. The van der Waals surface area contributed by atoms with Gasteiger partial charge in [-0.3, -0.25) is 0 Å². The largest absolute Gasteiger partial charge is 0.378 e. The normalized spacial score (nSPS) is 22.2. The molecule has 1 aromatic rings. The van der Waals surface area contributed by atoms with E-state index in [-0.39, 0.29) is 6.04 Å². The van der Waals surface area contributed by atoms with Crippen LogP contribution in [0.15, 0.2) is 0 Å². The van der Waals surface area contributed by atoms with Gasteiger partial charge in [0.25, 0.3) is 0 Å². The van der Waals surface area contributed by atoms with Gasteiger partial charge >= 0.3 is 0 Å². The van der Waals surface area contributed by atoms with Gasteiger partial charge in [0.2, 0.25) is 0 Å². The van der Waals surface area contributed by atoms with Crippen molar-refractivity contribution in [1.29, 1.82) is 0 Å². The first-order chi connectivity index (χ1) is 7.25. The zero-order valence-corrected chi connectivity index (χ0v) is 9.18. The molecule has 0 bridgehead atoms. The highest BCUT2D eigenvalue weighted by molar-refractivity contribution is 4.90. The summed E-state index contributed by atoms with van der Waals surface area (Å²) in [7, 11) is 0. The van der Waals surface area contributed by atoms with Gasteiger partial charge in [-0.15, -0.1) is 10.2 Å². The Morgan fingerprint density at radius 1 is 1.60 bits per heavy atom. The number of tetrazole rings is 1. The van der Waals surface area contributed by atoms with Crippen LogP contribution in [0.3, 0.4) is 0 Å². The molecule has 1 aromatic heterocycles. The molecular weight excluding hydrogens is 194 g/mol. The molecule has 6 heteroatoms. The van der Waals surface area contributed by atoms with Crippen molar-refractivity contribution in [1.82, 2.24) is 25.5 Å². The summed E-state index contributed by atoms with van der Waals surface area (Å²) in [5, 5.41) is 15.7. The van der Waals surface area contributed by atoms with E-state index in [1.54, 1.807) is 4.80 Å². The smallest absolute Gasteiger partial charge is 0.194 e. The molecule has 0 radical (unpaired) electrons. The van der Waals surface area contributed by atoms with Gasteiger partial charge < -0.3 is 10.1 Å². The first-order valence-corrected chi connectivity index (χ1v) is 5.34. The van der Waals surface area contributed by atoms with E-state index < -0.39 is 0 Å². The molecule has 0 spiro atoms. The fourth-order valence-corrected chi connectivity index (χ4v) is 1.53. The summed E-state index contributed by atoms with van der Waals surface area (Å²) in [4.78, 5) is 1.65. The Labute approximate surface area is 89.0 Å². The highest BCUT2D eigenvalue weighted by atomic mass is 16.5. The monoisotopic (exact) mass is 211 g/mol. The number of morpholine rings is 1. The highest BCUT2D eigenvalue weighted by Gasteiger charge is 2.20. The minimum absolute atomic E-state index is 0.0969. The molecule has 0 saturated carbocycles. The third-order valence-electron chi connectivity index (χ3n) is 2.23. The zero-order chi connectivity index (χ0) is 10.7. The van der Waals surface area contributed by atoms with Crippen LogP contribution in [0.1, 0.15) is 25.7 Å². The molecule has 1 unspecified atom stereocenters. The highest BCUT2D eigenvalue weighted by Crippen LogP contribution is 2.09. The summed E-state index contributed by atoms with van der Waals surface area (Å²) in [6, 6.07) is 0.0969. The minimum atomic E-state index is 0.0969. The second kappa shape index (κ2) is 4.67. The number of ether oxygens (including phenoxy) is 1. The van der Waals surface area contributed by atoms with E-state index in [0.29, 0.717) is 12.5 Å². The van der Waals surface area contributed by atoms with Gasteiger partial charge in [0.1, 0.15) is 0 Å². The molecule has 1 fully saturated rings. The minimum Gasteiger partial charge on any atom is -0.378 e. The Hall–Kier alpha value is -1.01. The summed E-state index contributed by atoms with van der Waals surface area (Å²) in [6.45, 7) is 7.31. The van der Waals surface area contributed by atoms with Crippen LogP contribution < -0.4 is 5.32 Å². The van der Waals surface area contributed by atoms with Crippen molar-refractivity contribution in [3.63, 3.8) is 0 Å². The molecule has 1 N–H and O–H groups in total. The fourth-order valence-electron chi connectivity index (χ4n) is 1.53. The van der Waals surface area contributed by atoms with E-state index in [1.165, 1.54) is 0 Å². The van der Waals surface area contributed by atoms with Crippen LogP contribution in [-0.2, 0) is 11.3 Å². The van der Waals surface area contributed by atoms with E-state index in [2.05, 4.69) is 34.6 Å². The summed E-state index contributed by atoms with van der Waals surface area (Å²) in [6.07, 6.45) is 0. The molecule has 0 aromatic carbocycles. The number of aromatic nitrogens is 4.